The summed E-state index contributed by atoms with van der Waals surface area (Å²) in [6, 6.07) is 7.79. The minimum absolute atomic E-state index is 0.126. The average molecular weight is 311 g/mol. The van der Waals surface area contributed by atoms with Gasteiger partial charge in [-0.15, -0.1) is 0 Å². The number of rotatable bonds is 4. The molecule has 2 rings (SSSR count). The van der Waals surface area contributed by atoms with E-state index >= 15 is 0 Å². The van der Waals surface area contributed by atoms with Gasteiger partial charge in [0.15, 0.2) is 0 Å². The maximum atomic E-state index is 12.4. The number of ether oxygens (including phenoxy) is 1. The Bertz CT molecular complexity index is 631. The molecule has 7 heteroatoms. The first kappa shape index (κ1) is 15.7. The van der Waals surface area contributed by atoms with Crippen LogP contribution in [-0.4, -0.2) is 6.09 Å². The quantitative estimate of drug-likeness (QED) is 0.921. The highest BCUT2D eigenvalue weighted by Crippen LogP contribution is 2.29. The van der Waals surface area contributed by atoms with Crippen molar-refractivity contribution in [2.75, 3.05) is 0 Å². The molecule has 0 aliphatic rings. The first-order chi connectivity index (χ1) is 10.4. The van der Waals surface area contributed by atoms with Crippen molar-refractivity contribution < 1.29 is 27.1 Å². The Kier molecular flexibility index (Phi) is 4.88. The summed E-state index contributed by atoms with van der Waals surface area (Å²) >= 11 is 0. The maximum absolute atomic E-state index is 12.4. The van der Waals surface area contributed by atoms with Crippen LogP contribution in [0.2, 0.25) is 0 Å². The van der Waals surface area contributed by atoms with Gasteiger partial charge in [-0.1, -0.05) is 12.1 Å². The molecule has 0 saturated carbocycles. The SMILES string of the molecule is O=C(N/C=C/c1ccco1)OCc1ccc(C(F)(F)F)cc1. The monoisotopic (exact) mass is 311 g/mol. The van der Waals surface area contributed by atoms with Gasteiger partial charge in [0.05, 0.1) is 11.8 Å². The lowest BCUT2D eigenvalue weighted by molar-refractivity contribution is -0.137. The van der Waals surface area contributed by atoms with Gasteiger partial charge in [-0.05, 0) is 35.9 Å². The van der Waals surface area contributed by atoms with Gasteiger partial charge in [0.2, 0.25) is 0 Å². The maximum Gasteiger partial charge on any atom is 0.416 e. The van der Waals surface area contributed by atoms with Crippen LogP contribution in [0.5, 0.6) is 0 Å². The van der Waals surface area contributed by atoms with Gasteiger partial charge in [0.25, 0.3) is 0 Å². The molecule has 0 fully saturated rings. The molecule has 0 saturated heterocycles. The highest BCUT2D eigenvalue weighted by atomic mass is 19.4. The van der Waals surface area contributed by atoms with Crippen molar-refractivity contribution in [3.8, 4) is 0 Å². The first-order valence-corrected chi connectivity index (χ1v) is 6.24. The van der Waals surface area contributed by atoms with Crippen LogP contribution in [0.15, 0.2) is 53.3 Å². The molecule has 0 unspecified atom stereocenters. The molecule has 1 heterocycles. The predicted octanol–water partition coefficient (Wildman–Crippen LogP) is 4.20. The van der Waals surface area contributed by atoms with Gasteiger partial charge in [-0.3, -0.25) is 5.32 Å². The molecule has 0 spiro atoms. The first-order valence-electron chi connectivity index (χ1n) is 6.24. The standard InChI is InChI=1S/C15H12F3NO3/c16-15(17,18)12-5-3-11(4-6-12)10-22-14(20)19-8-7-13-2-1-9-21-13/h1-9H,10H2,(H,19,20)/b8-7+. The number of alkyl carbamates (subject to hydrolysis) is 1. The normalized spacial score (nSPS) is 11.6. The van der Waals surface area contributed by atoms with E-state index in [0.29, 0.717) is 11.3 Å². The van der Waals surface area contributed by atoms with Crippen LogP contribution in [-0.2, 0) is 17.5 Å². The number of carbonyl (C=O) groups excluding carboxylic acids is 1. The van der Waals surface area contributed by atoms with Crippen LogP contribution in [0, 0.1) is 0 Å². The highest BCUT2D eigenvalue weighted by molar-refractivity contribution is 5.69. The molecular formula is C15H12F3NO3. The fourth-order valence-electron chi connectivity index (χ4n) is 1.56. The van der Waals surface area contributed by atoms with E-state index in [0.717, 1.165) is 12.1 Å². The van der Waals surface area contributed by atoms with Crippen molar-refractivity contribution in [1.82, 2.24) is 5.32 Å². The van der Waals surface area contributed by atoms with Crippen LogP contribution >= 0.6 is 0 Å². The molecule has 0 aliphatic heterocycles. The topological polar surface area (TPSA) is 51.5 Å². The molecule has 1 aromatic heterocycles. The van der Waals surface area contributed by atoms with Crippen LogP contribution in [0.4, 0.5) is 18.0 Å². The average Bonchev–Trinajstić information content (AvgIpc) is 2.98. The van der Waals surface area contributed by atoms with Crippen molar-refractivity contribution in [2.45, 2.75) is 12.8 Å². The number of furan rings is 1. The Morgan fingerprint density at radius 3 is 2.55 bits per heavy atom. The smallest absolute Gasteiger partial charge is 0.416 e. The van der Waals surface area contributed by atoms with E-state index < -0.39 is 17.8 Å². The number of benzene rings is 1. The summed E-state index contributed by atoms with van der Waals surface area (Å²) in [7, 11) is 0. The molecule has 2 aromatic rings. The van der Waals surface area contributed by atoms with Crippen LogP contribution < -0.4 is 5.32 Å². The number of alkyl halides is 3. The van der Waals surface area contributed by atoms with E-state index in [-0.39, 0.29) is 6.61 Å². The second-order valence-corrected chi connectivity index (χ2v) is 4.26. The minimum Gasteiger partial charge on any atom is -0.465 e. The van der Waals surface area contributed by atoms with E-state index in [2.05, 4.69) is 5.32 Å². The molecule has 4 nitrogen and oxygen atoms in total. The van der Waals surface area contributed by atoms with E-state index in [1.807, 2.05) is 0 Å². The Labute approximate surface area is 124 Å². The molecule has 0 aliphatic carbocycles. The summed E-state index contributed by atoms with van der Waals surface area (Å²) in [5.74, 6) is 0.558. The molecule has 22 heavy (non-hydrogen) atoms. The van der Waals surface area contributed by atoms with Gasteiger partial charge in [-0.25, -0.2) is 4.79 Å². The number of halogens is 3. The minimum atomic E-state index is -4.38. The van der Waals surface area contributed by atoms with Crippen molar-refractivity contribution in [2.24, 2.45) is 0 Å². The van der Waals surface area contributed by atoms with Crippen molar-refractivity contribution in [3.63, 3.8) is 0 Å². The van der Waals surface area contributed by atoms with Crippen LogP contribution in [0.1, 0.15) is 16.9 Å². The van der Waals surface area contributed by atoms with E-state index in [9.17, 15) is 18.0 Å². The van der Waals surface area contributed by atoms with E-state index in [4.69, 9.17) is 9.15 Å². The van der Waals surface area contributed by atoms with E-state index in [1.165, 1.54) is 30.7 Å². The summed E-state index contributed by atoms with van der Waals surface area (Å²) in [6.45, 7) is -0.126. The molecule has 0 bridgehead atoms. The lowest BCUT2D eigenvalue weighted by Crippen LogP contribution is -2.18. The summed E-state index contributed by atoms with van der Waals surface area (Å²) in [4.78, 5) is 11.4. The fourth-order valence-corrected chi connectivity index (χ4v) is 1.56. The zero-order valence-electron chi connectivity index (χ0n) is 11.3. The third-order valence-corrected chi connectivity index (χ3v) is 2.64. The second kappa shape index (κ2) is 6.84. The highest BCUT2D eigenvalue weighted by Gasteiger charge is 2.29. The molecule has 0 radical (unpaired) electrons. The Morgan fingerprint density at radius 1 is 1.23 bits per heavy atom. The van der Waals surface area contributed by atoms with Crippen LogP contribution in [0.3, 0.4) is 0 Å². The summed E-state index contributed by atoms with van der Waals surface area (Å²) < 4.78 is 47.0. The summed E-state index contributed by atoms with van der Waals surface area (Å²) in [5.41, 5.74) is -0.291. The Balaban J connectivity index is 1.78. The van der Waals surface area contributed by atoms with Gasteiger partial charge in [-0.2, -0.15) is 13.2 Å². The number of amides is 1. The lowest BCUT2D eigenvalue weighted by atomic mass is 10.1. The number of nitrogens with one attached hydrogen (secondary N) is 1. The number of carbonyl (C=O) groups is 1. The number of hydrogen-bond acceptors (Lipinski definition) is 3. The van der Waals surface area contributed by atoms with Gasteiger partial charge in [0, 0.05) is 6.20 Å². The molecular weight excluding hydrogens is 299 g/mol. The van der Waals surface area contributed by atoms with Gasteiger partial charge < -0.3 is 9.15 Å². The third kappa shape index (κ3) is 4.69. The summed E-state index contributed by atoms with van der Waals surface area (Å²) in [5, 5.41) is 2.35. The van der Waals surface area contributed by atoms with Crippen LogP contribution in [0.25, 0.3) is 6.08 Å². The molecule has 1 amide bonds. The van der Waals surface area contributed by atoms with Gasteiger partial charge >= 0.3 is 12.3 Å². The molecule has 1 N–H and O–H groups in total. The lowest BCUT2D eigenvalue weighted by Gasteiger charge is -2.08. The van der Waals surface area contributed by atoms with Crippen molar-refractivity contribution in [3.05, 3.63) is 65.7 Å². The summed E-state index contributed by atoms with van der Waals surface area (Å²) in [6.07, 6.45) is -0.744. The zero-order valence-corrected chi connectivity index (χ0v) is 11.3. The van der Waals surface area contributed by atoms with Crippen molar-refractivity contribution in [1.29, 1.82) is 0 Å². The molecule has 1 aromatic carbocycles. The number of hydrogen-bond donors (Lipinski definition) is 1. The largest absolute Gasteiger partial charge is 0.465 e. The second-order valence-electron chi connectivity index (χ2n) is 4.26. The molecule has 0 atom stereocenters. The third-order valence-electron chi connectivity index (χ3n) is 2.64. The predicted molar refractivity (Wildman–Crippen MR) is 72.5 cm³/mol. The van der Waals surface area contributed by atoms with Crippen molar-refractivity contribution >= 4 is 12.2 Å². The Morgan fingerprint density at radius 2 is 1.95 bits per heavy atom. The zero-order chi connectivity index (χ0) is 16.0. The Hall–Kier alpha value is -2.70. The molecule has 116 valence electrons. The fraction of sp³-hybridized carbons (Fsp3) is 0.133. The van der Waals surface area contributed by atoms with Gasteiger partial charge in [0.1, 0.15) is 12.4 Å². The van der Waals surface area contributed by atoms with E-state index in [1.54, 1.807) is 12.1 Å².